The van der Waals surface area contributed by atoms with Gasteiger partial charge in [0, 0.05) is 6.54 Å². The van der Waals surface area contributed by atoms with Crippen LogP contribution < -0.4 is 5.32 Å². The van der Waals surface area contributed by atoms with Crippen molar-refractivity contribution in [3.63, 3.8) is 0 Å². The second-order valence-electron chi connectivity index (χ2n) is 3.64. The number of hydrogen-bond donors (Lipinski definition) is 1. The summed E-state index contributed by atoms with van der Waals surface area (Å²) in [6, 6.07) is 0. The van der Waals surface area contributed by atoms with E-state index in [9.17, 15) is 0 Å². The second-order valence-corrected chi connectivity index (χ2v) is 3.64. The molecule has 0 bridgehead atoms. The predicted molar refractivity (Wildman–Crippen MR) is 53.4 cm³/mol. The normalized spacial score (nSPS) is 13.8. The zero-order valence-electron chi connectivity index (χ0n) is 8.89. The molecule has 12 heavy (non-hydrogen) atoms. The van der Waals surface area contributed by atoms with E-state index in [-0.39, 0.29) is 0 Å². The minimum absolute atomic E-state index is 0.357. The van der Waals surface area contributed by atoms with Crippen molar-refractivity contribution >= 4 is 0 Å². The second kappa shape index (κ2) is 7.56. The summed E-state index contributed by atoms with van der Waals surface area (Å²) in [5.41, 5.74) is 0. The highest BCUT2D eigenvalue weighted by Gasteiger charge is 1.97. The Morgan fingerprint density at radius 2 is 1.92 bits per heavy atom. The molecule has 0 aliphatic heterocycles. The first kappa shape index (κ1) is 11.9. The maximum absolute atomic E-state index is 5.39. The van der Waals surface area contributed by atoms with Gasteiger partial charge >= 0.3 is 0 Å². The molecule has 1 N–H and O–H groups in total. The van der Waals surface area contributed by atoms with Gasteiger partial charge in [-0.1, -0.05) is 20.3 Å². The largest absolute Gasteiger partial charge is 0.377 e. The summed E-state index contributed by atoms with van der Waals surface area (Å²) in [6.45, 7) is 11.5. The Morgan fingerprint density at radius 3 is 2.42 bits per heavy atom. The number of rotatable bonds is 7. The molecule has 0 heterocycles. The molecule has 0 saturated carbocycles. The maximum atomic E-state index is 5.39. The van der Waals surface area contributed by atoms with E-state index in [1.807, 2.05) is 0 Å². The van der Waals surface area contributed by atoms with Gasteiger partial charge in [0.15, 0.2) is 0 Å². The Bertz CT molecular complexity index is 93.8. The van der Waals surface area contributed by atoms with Gasteiger partial charge in [0.05, 0.1) is 12.7 Å². The van der Waals surface area contributed by atoms with Gasteiger partial charge in [0.1, 0.15) is 0 Å². The number of nitrogens with one attached hydrogen (secondary N) is 1. The molecule has 0 radical (unpaired) electrons. The highest BCUT2D eigenvalue weighted by atomic mass is 16.5. The Labute approximate surface area is 76.7 Å². The van der Waals surface area contributed by atoms with Crippen molar-refractivity contribution in [3.8, 4) is 0 Å². The molecule has 2 nitrogen and oxygen atoms in total. The Balaban J connectivity index is 3.00. The topological polar surface area (TPSA) is 21.3 Å². The lowest BCUT2D eigenvalue weighted by Crippen LogP contribution is -2.25. The highest BCUT2D eigenvalue weighted by molar-refractivity contribution is 4.54. The summed E-state index contributed by atoms with van der Waals surface area (Å²) in [5, 5.41) is 3.37. The lowest BCUT2D eigenvalue weighted by molar-refractivity contribution is 0.0804. The SMILES string of the molecule is CCC(C)CNCCOC(C)C. The average molecular weight is 173 g/mol. The third kappa shape index (κ3) is 8.02. The Hall–Kier alpha value is -0.0800. The van der Waals surface area contributed by atoms with Crippen molar-refractivity contribution in [2.75, 3.05) is 19.7 Å². The summed E-state index contributed by atoms with van der Waals surface area (Å²) >= 11 is 0. The summed E-state index contributed by atoms with van der Waals surface area (Å²) in [4.78, 5) is 0. The first-order valence-corrected chi connectivity index (χ1v) is 4.99. The van der Waals surface area contributed by atoms with Gasteiger partial charge in [-0.3, -0.25) is 0 Å². The smallest absolute Gasteiger partial charge is 0.0594 e. The van der Waals surface area contributed by atoms with E-state index in [2.05, 4.69) is 33.0 Å². The van der Waals surface area contributed by atoms with Crippen LogP contribution in [-0.4, -0.2) is 25.8 Å². The first-order chi connectivity index (χ1) is 5.66. The zero-order chi connectivity index (χ0) is 9.40. The van der Waals surface area contributed by atoms with Crippen molar-refractivity contribution in [2.24, 2.45) is 5.92 Å². The van der Waals surface area contributed by atoms with Gasteiger partial charge in [0.2, 0.25) is 0 Å². The molecule has 0 aromatic heterocycles. The molecule has 1 unspecified atom stereocenters. The van der Waals surface area contributed by atoms with Gasteiger partial charge in [0.25, 0.3) is 0 Å². The first-order valence-electron chi connectivity index (χ1n) is 4.99. The third-order valence-corrected chi connectivity index (χ3v) is 1.92. The van der Waals surface area contributed by atoms with Crippen LogP contribution >= 0.6 is 0 Å². The predicted octanol–water partition coefficient (Wildman–Crippen LogP) is 2.05. The fourth-order valence-electron chi connectivity index (χ4n) is 0.860. The lowest BCUT2D eigenvalue weighted by Gasteiger charge is -2.11. The van der Waals surface area contributed by atoms with Crippen LogP contribution in [0.5, 0.6) is 0 Å². The number of ether oxygens (including phenoxy) is 1. The summed E-state index contributed by atoms with van der Waals surface area (Å²) < 4.78 is 5.39. The van der Waals surface area contributed by atoms with E-state index in [1.54, 1.807) is 0 Å². The van der Waals surface area contributed by atoms with Crippen LogP contribution in [-0.2, 0) is 4.74 Å². The molecule has 0 saturated heterocycles. The van der Waals surface area contributed by atoms with Crippen molar-refractivity contribution in [1.82, 2.24) is 5.32 Å². The van der Waals surface area contributed by atoms with Gasteiger partial charge in [-0.25, -0.2) is 0 Å². The molecule has 0 amide bonds. The quantitative estimate of drug-likeness (QED) is 0.595. The molecule has 0 aliphatic rings. The molecule has 0 spiro atoms. The molecule has 0 aromatic carbocycles. The fourth-order valence-corrected chi connectivity index (χ4v) is 0.860. The van der Waals surface area contributed by atoms with Crippen LogP contribution in [0.25, 0.3) is 0 Å². The van der Waals surface area contributed by atoms with E-state index in [0.29, 0.717) is 6.10 Å². The van der Waals surface area contributed by atoms with Crippen molar-refractivity contribution < 1.29 is 4.74 Å². The molecule has 2 heteroatoms. The van der Waals surface area contributed by atoms with E-state index in [1.165, 1.54) is 6.42 Å². The molecule has 0 aromatic rings. The molecule has 1 atom stereocenters. The van der Waals surface area contributed by atoms with Crippen LogP contribution in [0.3, 0.4) is 0 Å². The van der Waals surface area contributed by atoms with Crippen molar-refractivity contribution in [3.05, 3.63) is 0 Å². The molecule has 0 fully saturated rings. The highest BCUT2D eigenvalue weighted by Crippen LogP contribution is 1.96. The van der Waals surface area contributed by atoms with Crippen molar-refractivity contribution in [2.45, 2.75) is 40.2 Å². The van der Waals surface area contributed by atoms with Gasteiger partial charge in [-0.2, -0.15) is 0 Å². The molecular formula is C10H23NO. The number of hydrogen-bond acceptors (Lipinski definition) is 2. The summed E-state index contributed by atoms with van der Waals surface area (Å²) in [7, 11) is 0. The minimum atomic E-state index is 0.357. The van der Waals surface area contributed by atoms with Crippen LogP contribution in [0.15, 0.2) is 0 Å². The van der Waals surface area contributed by atoms with Crippen molar-refractivity contribution in [1.29, 1.82) is 0 Å². The fraction of sp³-hybridized carbons (Fsp3) is 1.00. The average Bonchev–Trinajstić information content (AvgIpc) is 2.03. The van der Waals surface area contributed by atoms with Gasteiger partial charge < -0.3 is 10.1 Å². The van der Waals surface area contributed by atoms with E-state index in [4.69, 9.17) is 4.74 Å². The standard InChI is InChI=1S/C10H23NO/c1-5-10(4)8-11-6-7-12-9(2)3/h9-11H,5-8H2,1-4H3. The van der Waals surface area contributed by atoms with Gasteiger partial charge in [-0.05, 0) is 26.3 Å². The Morgan fingerprint density at radius 1 is 1.25 bits per heavy atom. The zero-order valence-corrected chi connectivity index (χ0v) is 8.89. The van der Waals surface area contributed by atoms with E-state index in [0.717, 1.165) is 25.6 Å². The molecule has 0 rings (SSSR count). The van der Waals surface area contributed by atoms with Gasteiger partial charge in [-0.15, -0.1) is 0 Å². The molecule has 0 aliphatic carbocycles. The Kier molecular flexibility index (Phi) is 7.51. The van der Waals surface area contributed by atoms with Crippen LogP contribution in [0, 0.1) is 5.92 Å². The lowest BCUT2D eigenvalue weighted by atomic mass is 10.1. The van der Waals surface area contributed by atoms with Crippen LogP contribution in [0.2, 0.25) is 0 Å². The molecule has 74 valence electrons. The monoisotopic (exact) mass is 173 g/mol. The summed E-state index contributed by atoms with van der Waals surface area (Å²) in [6.07, 6.45) is 1.60. The minimum Gasteiger partial charge on any atom is -0.377 e. The molecular weight excluding hydrogens is 150 g/mol. The maximum Gasteiger partial charge on any atom is 0.0594 e. The van der Waals surface area contributed by atoms with Crippen LogP contribution in [0.4, 0.5) is 0 Å². The van der Waals surface area contributed by atoms with E-state index >= 15 is 0 Å². The third-order valence-electron chi connectivity index (χ3n) is 1.92. The summed E-state index contributed by atoms with van der Waals surface area (Å²) in [5.74, 6) is 0.782. The van der Waals surface area contributed by atoms with E-state index < -0.39 is 0 Å². The van der Waals surface area contributed by atoms with Crippen LogP contribution in [0.1, 0.15) is 34.1 Å².